The summed E-state index contributed by atoms with van der Waals surface area (Å²) < 4.78 is 12.6. The number of aldehydes is 3. The minimum Gasteiger partial charge on any atom is -0.464 e. The molecular weight excluding hydrogens is 610 g/mol. The third-order valence-electron chi connectivity index (χ3n) is 8.14. The molecular formula is C33H33N5O9. The number of aromatic nitrogens is 4. The van der Waals surface area contributed by atoms with Gasteiger partial charge in [-0.15, -0.1) is 0 Å². The van der Waals surface area contributed by atoms with Crippen LogP contribution in [0.15, 0.2) is 78.3 Å². The fourth-order valence-electron chi connectivity index (χ4n) is 5.90. The number of esters is 1. The van der Waals surface area contributed by atoms with Gasteiger partial charge >= 0.3 is 5.97 Å². The number of benzene rings is 2. The van der Waals surface area contributed by atoms with Crippen molar-refractivity contribution in [2.75, 3.05) is 6.61 Å². The van der Waals surface area contributed by atoms with Crippen molar-refractivity contribution in [1.82, 2.24) is 19.5 Å². The highest BCUT2D eigenvalue weighted by molar-refractivity contribution is 6.13. The monoisotopic (exact) mass is 643 g/mol. The first-order valence-electron chi connectivity index (χ1n) is 14.9. The molecule has 0 bridgehead atoms. The Kier molecular flexibility index (Phi) is 10.1. The molecule has 3 N–H and O–H groups in total. The standard InChI is InChI=1S/C33H33N5O9/c1-2-46-30(43)27(37-24(21-9-5-3-6-10-21)22-11-7-4-8-12-22)25-26-29(35-19-34-25)38(20-36-26)31-33(45,15-18-41)32(44,14-17-40)28(47-31)23(42)13-16-39/h3-12,16-20,23,27-28,31,42,44-45H,2,13-15H2,1H3/t23?,27?,28-,31-,32-,33+/m1/s1. The topological polar surface area (TPSA) is 203 Å². The van der Waals surface area contributed by atoms with Crippen LogP contribution in [0.25, 0.3) is 11.2 Å². The van der Waals surface area contributed by atoms with Crippen molar-refractivity contribution in [3.05, 3.63) is 90.1 Å². The van der Waals surface area contributed by atoms with E-state index in [0.717, 1.165) is 17.5 Å². The first-order chi connectivity index (χ1) is 22.7. The Morgan fingerprint density at radius 2 is 1.57 bits per heavy atom. The lowest BCUT2D eigenvalue weighted by Crippen LogP contribution is -2.60. The Bertz CT molecular complexity index is 1720. The summed E-state index contributed by atoms with van der Waals surface area (Å²) in [5.41, 5.74) is -2.96. The number of ether oxygens (including phenoxy) is 2. The third kappa shape index (κ3) is 6.11. The van der Waals surface area contributed by atoms with Gasteiger partial charge in [-0.3, -0.25) is 9.56 Å². The Hall–Kier alpha value is -5.02. The molecule has 3 heterocycles. The molecule has 4 aromatic rings. The quantitative estimate of drug-likeness (QED) is 0.102. The summed E-state index contributed by atoms with van der Waals surface area (Å²) in [6.45, 7) is 1.70. The molecule has 14 heteroatoms. The number of rotatable bonds is 14. The Labute approximate surface area is 268 Å². The van der Waals surface area contributed by atoms with Gasteiger partial charge in [0.15, 0.2) is 17.9 Å². The third-order valence-corrected chi connectivity index (χ3v) is 8.14. The maximum atomic E-state index is 13.5. The molecule has 244 valence electrons. The molecule has 14 nitrogen and oxygen atoms in total. The van der Waals surface area contributed by atoms with Gasteiger partial charge in [0.25, 0.3) is 0 Å². The van der Waals surface area contributed by atoms with E-state index in [-0.39, 0.29) is 23.5 Å². The minimum atomic E-state index is -2.49. The van der Waals surface area contributed by atoms with Gasteiger partial charge in [-0.1, -0.05) is 60.7 Å². The highest BCUT2D eigenvalue weighted by atomic mass is 16.6. The van der Waals surface area contributed by atoms with Crippen molar-refractivity contribution in [2.45, 2.75) is 61.9 Å². The van der Waals surface area contributed by atoms with Crippen LogP contribution in [0.1, 0.15) is 55.3 Å². The number of aliphatic imine (C=N–C) groups is 1. The first kappa shape index (κ1) is 33.3. The SMILES string of the molecule is CCOC(=O)C(N=C(c1ccccc1)c1ccccc1)c1ncnc2c1ncn2[C@@H]1O[C@H](C(O)CC=O)[C@](O)(CC=O)[C@]1(O)CC=O. The van der Waals surface area contributed by atoms with Crippen molar-refractivity contribution in [3.63, 3.8) is 0 Å². The average Bonchev–Trinajstić information content (AvgIpc) is 3.59. The zero-order valence-electron chi connectivity index (χ0n) is 25.3. The van der Waals surface area contributed by atoms with E-state index >= 15 is 0 Å². The lowest BCUT2D eigenvalue weighted by atomic mass is 9.74. The highest BCUT2D eigenvalue weighted by Crippen LogP contribution is 2.50. The molecule has 47 heavy (non-hydrogen) atoms. The van der Waals surface area contributed by atoms with Crippen LogP contribution in [0, 0.1) is 0 Å². The van der Waals surface area contributed by atoms with E-state index in [1.165, 1.54) is 10.9 Å². The van der Waals surface area contributed by atoms with Gasteiger partial charge in [-0.2, -0.15) is 0 Å². The molecule has 1 saturated heterocycles. The molecule has 6 atom stereocenters. The number of aliphatic hydroxyl groups is 3. The van der Waals surface area contributed by atoms with Gasteiger partial charge in [0.1, 0.15) is 53.7 Å². The van der Waals surface area contributed by atoms with Crippen molar-refractivity contribution >= 4 is 41.7 Å². The number of carbonyl (C=O) groups excluding carboxylic acids is 4. The smallest absolute Gasteiger partial charge is 0.337 e. The van der Waals surface area contributed by atoms with Crippen LogP contribution in [0.5, 0.6) is 0 Å². The summed E-state index contributed by atoms with van der Waals surface area (Å²) >= 11 is 0. The number of hydrogen-bond donors (Lipinski definition) is 3. The molecule has 0 radical (unpaired) electrons. The summed E-state index contributed by atoms with van der Waals surface area (Å²) in [6.07, 6.45) is -3.51. The van der Waals surface area contributed by atoms with E-state index in [1.807, 2.05) is 60.7 Å². The Morgan fingerprint density at radius 1 is 0.957 bits per heavy atom. The van der Waals surface area contributed by atoms with Crippen LogP contribution in [-0.2, 0) is 28.7 Å². The molecule has 1 fully saturated rings. The molecule has 0 saturated carbocycles. The van der Waals surface area contributed by atoms with Crippen molar-refractivity contribution in [2.24, 2.45) is 4.99 Å². The number of fused-ring (bicyclic) bond motifs is 1. The van der Waals surface area contributed by atoms with E-state index in [1.54, 1.807) is 6.92 Å². The van der Waals surface area contributed by atoms with Gasteiger partial charge in [0.05, 0.1) is 24.7 Å². The van der Waals surface area contributed by atoms with E-state index in [4.69, 9.17) is 14.5 Å². The average molecular weight is 644 g/mol. The second-order valence-electron chi connectivity index (χ2n) is 10.9. The lowest BCUT2D eigenvalue weighted by molar-refractivity contribution is -0.170. The zero-order chi connectivity index (χ0) is 33.6. The lowest BCUT2D eigenvalue weighted by Gasteiger charge is -2.39. The van der Waals surface area contributed by atoms with Gasteiger partial charge in [-0.05, 0) is 6.92 Å². The number of carbonyl (C=O) groups is 4. The first-order valence-corrected chi connectivity index (χ1v) is 14.9. The van der Waals surface area contributed by atoms with E-state index in [2.05, 4.69) is 15.0 Å². The summed E-state index contributed by atoms with van der Waals surface area (Å²) in [4.78, 5) is 66.1. The highest BCUT2D eigenvalue weighted by Gasteiger charge is 2.67. The maximum absolute atomic E-state index is 13.5. The maximum Gasteiger partial charge on any atom is 0.337 e. The summed E-state index contributed by atoms with van der Waals surface area (Å²) in [5, 5.41) is 34.2. The van der Waals surface area contributed by atoms with Crippen LogP contribution >= 0.6 is 0 Å². The van der Waals surface area contributed by atoms with Gasteiger partial charge in [0, 0.05) is 30.4 Å². The fourth-order valence-corrected chi connectivity index (χ4v) is 5.90. The number of aliphatic hydroxyl groups excluding tert-OH is 1. The van der Waals surface area contributed by atoms with E-state index in [0.29, 0.717) is 24.6 Å². The molecule has 1 aliphatic heterocycles. The summed E-state index contributed by atoms with van der Waals surface area (Å²) in [6, 6.07) is 17.1. The summed E-state index contributed by atoms with van der Waals surface area (Å²) in [7, 11) is 0. The van der Waals surface area contributed by atoms with Crippen LogP contribution in [-0.4, -0.2) is 95.4 Å². The van der Waals surface area contributed by atoms with Crippen LogP contribution < -0.4 is 0 Å². The number of imidazole rings is 1. The largest absolute Gasteiger partial charge is 0.464 e. The van der Waals surface area contributed by atoms with Gasteiger partial charge in [0.2, 0.25) is 0 Å². The van der Waals surface area contributed by atoms with E-state index < -0.39 is 60.9 Å². The van der Waals surface area contributed by atoms with Crippen LogP contribution in [0.3, 0.4) is 0 Å². The van der Waals surface area contributed by atoms with Gasteiger partial charge < -0.3 is 39.2 Å². The van der Waals surface area contributed by atoms with Gasteiger partial charge in [-0.25, -0.2) is 19.7 Å². The molecule has 0 aliphatic carbocycles. The molecule has 2 unspecified atom stereocenters. The number of nitrogens with zero attached hydrogens (tertiary/aromatic N) is 5. The minimum absolute atomic E-state index is 0.00812. The molecule has 2 aromatic carbocycles. The molecule has 1 aliphatic rings. The normalized spacial score (nSPS) is 23.5. The fraction of sp³-hybridized carbons (Fsp3) is 0.333. The van der Waals surface area contributed by atoms with Crippen molar-refractivity contribution < 1.29 is 44.0 Å². The van der Waals surface area contributed by atoms with Crippen molar-refractivity contribution in [1.29, 1.82) is 0 Å². The molecule has 0 spiro atoms. The Balaban J connectivity index is 1.69. The zero-order valence-corrected chi connectivity index (χ0v) is 25.3. The predicted octanol–water partition coefficient (Wildman–Crippen LogP) is 1.46. The van der Waals surface area contributed by atoms with E-state index in [9.17, 15) is 34.5 Å². The number of hydrogen-bond acceptors (Lipinski definition) is 13. The Morgan fingerprint density at radius 3 is 2.15 bits per heavy atom. The molecule has 5 rings (SSSR count). The molecule has 0 amide bonds. The molecule has 2 aromatic heterocycles. The second kappa shape index (κ2) is 14.2. The predicted molar refractivity (Wildman–Crippen MR) is 165 cm³/mol. The van der Waals surface area contributed by atoms with Crippen LogP contribution in [0.2, 0.25) is 0 Å². The second-order valence-corrected chi connectivity index (χ2v) is 10.9. The summed E-state index contributed by atoms with van der Waals surface area (Å²) in [5.74, 6) is -0.724. The van der Waals surface area contributed by atoms with Crippen LogP contribution in [0.4, 0.5) is 0 Å². The van der Waals surface area contributed by atoms with Crippen molar-refractivity contribution in [3.8, 4) is 0 Å².